The van der Waals surface area contributed by atoms with E-state index < -0.39 is 18.1 Å². The zero-order chi connectivity index (χ0) is 14.7. The van der Waals surface area contributed by atoms with Crippen molar-refractivity contribution >= 4 is 11.9 Å². The monoisotopic (exact) mass is 280 g/mol. The first-order valence-corrected chi connectivity index (χ1v) is 6.84. The number of rotatable bonds is 5. The number of aromatic nitrogens is 2. The Morgan fingerprint density at radius 1 is 1.65 bits per heavy atom. The number of aromatic amines is 1. The van der Waals surface area contributed by atoms with Gasteiger partial charge in [0, 0.05) is 6.42 Å². The van der Waals surface area contributed by atoms with Crippen molar-refractivity contribution in [3.63, 3.8) is 0 Å². The van der Waals surface area contributed by atoms with Crippen molar-refractivity contribution < 1.29 is 14.7 Å². The summed E-state index contributed by atoms with van der Waals surface area (Å²) in [5.74, 6) is -1.32. The van der Waals surface area contributed by atoms with Crippen LogP contribution in [0.3, 0.4) is 0 Å². The maximum absolute atomic E-state index is 12.4. The molecule has 2 heterocycles. The number of hydrogen-bond donors (Lipinski definition) is 3. The number of imidazole rings is 1. The number of aliphatic carboxylic acids is 1. The number of nitrogens with one attached hydrogen (secondary N) is 1. The Morgan fingerprint density at radius 2 is 2.40 bits per heavy atom. The van der Waals surface area contributed by atoms with E-state index in [0.29, 0.717) is 12.1 Å². The molecule has 1 amide bonds. The molecule has 1 aromatic heterocycles. The van der Waals surface area contributed by atoms with E-state index in [0.717, 1.165) is 18.5 Å². The molecule has 0 spiro atoms. The molecular weight excluding hydrogens is 260 g/mol. The van der Waals surface area contributed by atoms with Crippen molar-refractivity contribution in [1.82, 2.24) is 14.9 Å². The molecule has 7 nitrogen and oxygen atoms in total. The highest BCUT2D eigenvalue weighted by Gasteiger charge is 2.37. The third-order valence-corrected chi connectivity index (χ3v) is 3.65. The van der Waals surface area contributed by atoms with Crippen molar-refractivity contribution in [3.05, 3.63) is 17.7 Å². The molecule has 0 saturated carbocycles. The fraction of sp³-hybridized carbons (Fsp3) is 0.615. The molecule has 0 aliphatic carbocycles. The lowest BCUT2D eigenvalue weighted by Gasteiger charge is -2.34. The first kappa shape index (κ1) is 14.5. The van der Waals surface area contributed by atoms with Gasteiger partial charge in [0.2, 0.25) is 5.91 Å². The van der Waals surface area contributed by atoms with Crippen LogP contribution in [0.25, 0.3) is 0 Å². The molecule has 1 unspecified atom stereocenters. The predicted molar refractivity (Wildman–Crippen MR) is 71.8 cm³/mol. The molecule has 0 aromatic carbocycles. The van der Waals surface area contributed by atoms with Crippen LogP contribution >= 0.6 is 0 Å². The molecule has 1 aromatic rings. The number of H-pyrrole nitrogens is 1. The van der Waals surface area contributed by atoms with Gasteiger partial charge in [0.05, 0.1) is 30.3 Å². The Labute approximate surface area is 117 Å². The van der Waals surface area contributed by atoms with Gasteiger partial charge in [-0.15, -0.1) is 0 Å². The average molecular weight is 280 g/mol. The number of hydrogen-bond acceptors (Lipinski definition) is 4. The van der Waals surface area contributed by atoms with Crippen LogP contribution in [0.5, 0.6) is 0 Å². The topological polar surface area (TPSA) is 112 Å². The van der Waals surface area contributed by atoms with Gasteiger partial charge < -0.3 is 20.7 Å². The Balaban J connectivity index is 2.15. The number of fused-ring (bicyclic) bond motifs is 1. The van der Waals surface area contributed by atoms with E-state index in [1.54, 1.807) is 0 Å². The van der Waals surface area contributed by atoms with Gasteiger partial charge in [-0.1, -0.05) is 19.8 Å². The van der Waals surface area contributed by atoms with E-state index >= 15 is 0 Å². The molecule has 2 rings (SSSR count). The van der Waals surface area contributed by atoms with Crippen LogP contribution in [0.1, 0.15) is 37.6 Å². The minimum absolute atomic E-state index is 0.223. The first-order chi connectivity index (χ1) is 9.54. The smallest absolute Gasteiger partial charge is 0.326 e. The first-order valence-electron chi connectivity index (χ1n) is 6.84. The number of carbonyl (C=O) groups excluding carboxylic acids is 1. The van der Waals surface area contributed by atoms with E-state index in [1.807, 2.05) is 6.92 Å². The molecule has 110 valence electrons. The van der Waals surface area contributed by atoms with Crippen molar-refractivity contribution in [2.75, 3.05) is 0 Å². The Kier molecular flexibility index (Phi) is 4.39. The minimum atomic E-state index is -1.02. The molecule has 1 aliphatic rings. The Hall–Kier alpha value is -1.89. The summed E-state index contributed by atoms with van der Waals surface area (Å²) in [5.41, 5.74) is 7.38. The highest BCUT2D eigenvalue weighted by Crippen LogP contribution is 2.22. The van der Waals surface area contributed by atoms with E-state index in [-0.39, 0.29) is 18.9 Å². The lowest BCUT2D eigenvalue weighted by molar-refractivity contribution is -0.152. The van der Waals surface area contributed by atoms with Gasteiger partial charge in [-0.2, -0.15) is 0 Å². The Bertz CT molecular complexity index is 500. The number of carboxylic acids is 1. The van der Waals surface area contributed by atoms with Crippen LogP contribution in [0.4, 0.5) is 0 Å². The van der Waals surface area contributed by atoms with Crippen molar-refractivity contribution in [3.8, 4) is 0 Å². The SMILES string of the molecule is CCCC[C@H](N)C(=O)N1Cc2[nH]cnc2CC1C(=O)O. The normalized spacial score (nSPS) is 19.5. The van der Waals surface area contributed by atoms with Crippen molar-refractivity contribution in [2.45, 2.75) is 51.2 Å². The third kappa shape index (κ3) is 2.82. The van der Waals surface area contributed by atoms with Gasteiger partial charge in [0.1, 0.15) is 6.04 Å². The van der Waals surface area contributed by atoms with Gasteiger partial charge in [0.15, 0.2) is 0 Å². The summed E-state index contributed by atoms with van der Waals surface area (Å²) in [7, 11) is 0. The molecule has 7 heteroatoms. The highest BCUT2D eigenvalue weighted by molar-refractivity contribution is 5.87. The molecule has 20 heavy (non-hydrogen) atoms. The quantitative estimate of drug-likeness (QED) is 0.716. The number of nitrogens with two attached hydrogens (primary N) is 1. The second-order valence-corrected chi connectivity index (χ2v) is 5.10. The summed E-state index contributed by atoms with van der Waals surface area (Å²) in [6, 6.07) is -1.52. The number of amides is 1. The van der Waals surface area contributed by atoms with Gasteiger partial charge in [0.25, 0.3) is 0 Å². The highest BCUT2D eigenvalue weighted by atomic mass is 16.4. The fourth-order valence-electron chi connectivity index (χ4n) is 2.45. The molecule has 0 bridgehead atoms. The van der Waals surface area contributed by atoms with Gasteiger partial charge in [-0.05, 0) is 6.42 Å². The van der Waals surface area contributed by atoms with Gasteiger partial charge >= 0.3 is 5.97 Å². The molecule has 2 atom stereocenters. The van der Waals surface area contributed by atoms with Crippen LogP contribution in [-0.4, -0.2) is 43.9 Å². The van der Waals surface area contributed by atoms with Crippen molar-refractivity contribution in [2.24, 2.45) is 5.73 Å². The summed E-state index contributed by atoms with van der Waals surface area (Å²) in [5, 5.41) is 9.31. The Morgan fingerprint density at radius 3 is 3.05 bits per heavy atom. The lowest BCUT2D eigenvalue weighted by Crippen LogP contribution is -2.53. The number of carbonyl (C=O) groups is 2. The van der Waals surface area contributed by atoms with E-state index in [2.05, 4.69) is 9.97 Å². The van der Waals surface area contributed by atoms with Crippen LogP contribution in [0.2, 0.25) is 0 Å². The van der Waals surface area contributed by atoms with E-state index in [9.17, 15) is 14.7 Å². The lowest BCUT2D eigenvalue weighted by atomic mass is 10.0. The summed E-state index contributed by atoms with van der Waals surface area (Å²) in [6.45, 7) is 2.25. The predicted octanol–water partition coefficient (Wildman–Crippen LogP) is 0.265. The molecule has 0 fully saturated rings. The largest absolute Gasteiger partial charge is 0.480 e. The standard InChI is InChI=1S/C13H20N4O3/c1-2-3-4-8(14)12(18)17-6-10-9(15-7-16-10)5-11(17)13(19)20/h7-8,11H,2-6,14H2,1H3,(H,15,16)(H,19,20)/t8-,11?/m0/s1. The summed E-state index contributed by atoms with van der Waals surface area (Å²) >= 11 is 0. The number of unbranched alkanes of at least 4 members (excludes halogenated alkanes) is 1. The van der Waals surface area contributed by atoms with E-state index in [1.165, 1.54) is 11.2 Å². The van der Waals surface area contributed by atoms with Gasteiger partial charge in [-0.3, -0.25) is 4.79 Å². The number of carboxylic acid groups (broad SMARTS) is 1. The van der Waals surface area contributed by atoms with Crippen molar-refractivity contribution in [1.29, 1.82) is 0 Å². The second kappa shape index (κ2) is 6.04. The van der Waals surface area contributed by atoms with E-state index in [4.69, 9.17) is 5.73 Å². The van der Waals surface area contributed by atoms with Crippen LogP contribution in [0, 0.1) is 0 Å². The maximum Gasteiger partial charge on any atom is 0.326 e. The van der Waals surface area contributed by atoms with Crippen LogP contribution in [0.15, 0.2) is 6.33 Å². The average Bonchev–Trinajstić information content (AvgIpc) is 2.89. The maximum atomic E-state index is 12.4. The summed E-state index contributed by atoms with van der Waals surface area (Å²) in [4.78, 5) is 32.1. The molecule has 0 saturated heterocycles. The molecule has 0 radical (unpaired) electrons. The third-order valence-electron chi connectivity index (χ3n) is 3.65. The summed E-state index contributed by atoms with van der Waals surface area (Å²) in [6.07, 6.45) is 4.13. The molecule has 4 N–H and O–H groups in total. The molecular formula is C13H20N4O3. The fourth-order valence-corrected chi connectivity index (χ4v) is 2.45. The second-order valence-electron chi connectivity index (χ2n) is 5.10. The summed E-state index contributed by atoms with van der Waals surface area (Å²) < 4.78 is 0. The van der Waals surface area contributed by atoms with Crippen LogP contribution in [-0.2, 0) is 22.6 Å². The molecule has 1 aliphatic heterocycles. The number of nitrogens with zero attached hydrogens (tertiary/aromatic N) is 2. The minimum Gasteiger partial charge on any atom is -0.480 e. The zero-order valence-corrected chi connectivity index (χ0v) is 11.5. The zero-order valence-electron chi connectivity index (χ0n) is 11.5. The van der Waals surface area contributed by atoms with Crippen LogP contribution < -0.4 is 5.73 Å². The van der Waals surface area contributed by atoms with Gasteiger partial charge in [-0.25, -0.2) is 9.78 Å².